The average molecular weight is 339 g/mol. The zero-order valence-corrected chi connectivity index (χ0v) is 14.3. The van der Waals surface area contributed by atoms with Crippen LogP contribution in [0.2, 0.25) is 0 Å². The maximum absolute atomic E-state index is 6.48. The molecule has 1 aliphatic rings. The minimum absolute atomic E-state index is 0.205. The fourth-order valence-electron chi connectivity index (χ4n) is 3.49. The van der Waals surface area contributed by atoms with Crippen LogP contribution in [0.15, 0.2) is 28.7 Å². The molecule has 1 fully saturated rings. The summed E-state index contributed by atoms with van der Waals surface area (Å²) in [7, 11) is 0. The van der Waals surface area contributed by atoms with Crippen LogP contribution in [0.1, 0.15) is 57.6 Å². The zero-order valence-electron chi connectivity index (χ0n) is 12.7. The van der Waals surface area contributed by atoms with E-state index in [0.29, 0.717) is 12.1 Å². The summed E-state index contributed by atoms with van der Waals surface area (Å²) in [4.78, 5) is 2.64. The normalized spacial score (nSPS) is 19.4. The lowest BCUT2D eigenvalue weighted by atomic mass is 9.94. The van der Waals surface area contributed by atoms with Crippen LogP contribution in [0.25, 0.3) is 0 Å². The first-order valence-electron chi connectivity index (χ1n) is 7.94. The molecule has 2 atom stereocenters. The Balaban J connectivity index is 2.27. The molecule has 0 spiro atoms. The van der Waals surface area contributed by atoms with Crippen LogP contribution in [0.3, 0.4) is 0 Å². The van der Waals surface area contributed by atoms with Crippen LogP contribution < -0.4 is 5.73 Å². The van der Waals surface area contributed by atoms with Crippen molar-refractivity contribution in [3.8, 4) is 0 Å². The molecule has 112 valence electrons. The maximum Gasteiger partial charge on any atom is 0.0501 e. The van der Waals surface area contributed by atoms with E-state index in [0.717, 1.165) is 17.4 Å². The van der Waals surface area contributed by atoms with E-state index >= 15 is 0 Å². The molecule has 1 aliphatic carbocycles. The van der Waals surface area contributed by atoms with Crippen LogP contribution in [0.4, 0.5) is 0 Å². The fraction of sp³-hybridized carbons (Fsp3) is 0.647. The van der Waals surface area contributed by atoms with Crippen molar-refractivity contribution in [3.05, 3.63) is 34.3 Å². The number of rotatable bonds is 6. The predicted octanol–water partition coefficient (Wildman–Crippen LogP) is 4.49. The Morgan fingerprint density at radius 3 is 2.30 bits per heavy atom. The van der Waals surface area contributed by atoms with Gasteiger partial charge in [0.1, 0.15) is 0 Å². The van der Waals surface area contributed by atoms with Crippen LogP contribution in [0.5, 0.6) is 0 Å². The lowest BCUT2D eigenvalue weighted by molar-refractivity contribution is 0.121. The van der Waals surface area contributed by atoms with Gasteiger partial charge in [-0.05, 0) is 43.5 Å². The Hall–Kier alpha value is -0.380. The van der Waals surface area contributed by atoms with Gasteiger partial charge in [0.05, 0.1) is 6.04 Å². The van der Waals surface area contributed by atoms with E-state index < -0.39 is 0 Å². The van der Waals surface area contributed by atoms with Gasteiger partial charge in [0.25, 0.3) is 0 Å². The fourth-order valence-corrected chi connectivity index (χ4v) is 3.75. The molecule has 0 aliphatic heterocycles. The number of likely N-dealkylation sites (N-methyl/N-ethyl adjacent to an activating group) is 1. The van der Waals surface area contributed by atoms with E-state index in [1.54, 1.807) is 0 Å². The van der Waals surface area contributed by atoms with E-state index in [1.165, 1.54) is 31.2 Å². The number of hydrogen-bond donors (Lipinski definition) is 1. The van der Waals surface area contributed by atoms with E-state index in [2.05, 4.69) is 58.9 Å². The van der Waals surface area contributed by atoms with Crippen molar-refractivity contribution in [1.82, 2.24) is 4.90 Å². The Morgan fingerprint density at radius 1 is 1.20 bits per heavy atom. The van der Waals surface area contributed by atoms with Crippen LogP contribution in [-0.2, 0) is 0 Å². The quantitative estimate of drug-likeness (QED) is 0.827. The highest BCUT2D eigenvalue weighted by molar-refractivity contribution is 9.10. The third-order valence-electron chi connectivity index (χ3n) is 4.60. The Bertz CT molecular complexity index is 398. The van der Waals surface area contributed by atoms with Crippen molar-refractivity contribution >= 4 is 15.9 Å². The highest BCUT2D eigenvalue weighted by Gasteiger charge is 2.31. The molecule has 0 saturated heterocycles. The van der Waals surface area contributed by atoms with Crippen LogP contribution in [0, 0.1) is 0 Å². The third-order valence-corrected chi connectivity index (χ3v) is 5.13. The van der Waals surface area contributed by atoms with E-state index in [-0.39, 0.29) is 6.04 Å². The average Bonchev–Trinajstić information content (AvgIpc) is 2.99. The van der Waals surface area contributed by atoms with Gasteiger partial charge in [-0.1, -0.05) is 54.8 Å². The Morgan fingerprint density at radius 2 is 1.80 bits per heavy atom. The van der Waals surface area contributed by atoms with E-state index in [4.69, 9.17) is 5.73 Å². The van der Waals surface area contributed by atoms with Gasteiger partial charge in [0.15, 0.2) is 0 Å². The molecule has 2 rings (SSSR count). The second-order valence-corrected chi connectivity index (χ2v) is 6.75. The Labute approximate surface area is 131 Å². The summed E-state index contributed by atoms with van der Waals surface area (Å²) in [5.41, 5.74) is 7.84. The van der Waals surface area contributed by atoms with Gasteiger partial charge in [-0.25, -0.2) is 0 Å². The number of halogens is 1. The molecule has 0 bridgehead atoms. The van der Waals surface area contributed by atoms with Crippen molar-refractivity contribution in [2.45, 2.75) is 64.1 Å². The minimum Gasteiger partial charge on any atom is -0.326 e. The largest absolute Gasteiger partial charge is 0.326 e. The van der Waals surface area contributed by atoms with Gasteiger partial charge in [-0.2, -0.15) is 0 Å². The van der Waals surface area contributed by atoms with Crippen molar-refractivity contribution in [2.75, 3.05) is 6.54 Å². The van der Waals surface area contributed by atoms with Gasteiger partial charge < -0.3 is 5.73 Å². The molecule has 1 aromatic carbocycles. The molecule has 0 amide bonds. The Kier molecular flexibility index (Phi) is 6.06. The van der Waals surface area contributed by atoms with Crippen molar-refractivity contribution in [2.24, 2.45) is 5.73 Å². The topological polar surface area (TPSA) is 29.3 Å². The van der Waals surface area contributed by atoms with Gasteiger partial charge in [-0.15, -0.1) is 0 Å². The highest BCUT2D eigenvalue weighted by atomic mass is 79.9. The van der Waals surface area contributed by atoms with Gasteiger partial charge in [-0.3, -0.25) is 4.90 Å². The molecule has 2 N–H and O–H groups in total. The van der Waals surface area contributed by atoms with Gasteiger partial charge >= 0.3 is 0 Å². The third kappa shape index (κ3) is 3.63. The molecule has 1 saturated carbocycles. The molecular weight excluding hydrogens is 312 g/mol. The SMILES string of the molecule is CCC(N)C(c1ccc(Br)cc1)N(CC)C1CCCC1. The van der Waals surface area contributed by atoms with Crippen molar-refractivity contribution < 1.29 is 0 Å². The van der Waals surface area contributed by atoms with Crippen LogP contribution in [-0.4, -0.2) is 23.5 Å². The summed E-state index contributed by atoms with van der Waals surface area (Å²) in [5.74, 6) is 0. The van der Waals surface area contributed by atoms with Crippen molar-refractivity contribution in [3.63, 3.8) is 0 Å². The molecule has 0 radical (unpaired) electrons. The molecule has 0 heterocycles. The summed E-state index contributed by atoms with van der Waals surface area (Å²) < 4.78 is 1.13. The van der Waals surface area contributed by atoms with Crippen LogP contribution >= 0.6 is 15.9 Å². The standard InChI is InChI=1S/C17H27BrN2/c1-3-16(19)17(13-9-11-14(18)12-10-13)20(4-2)15-7-5-6-8-15/h9-12,15-17H,3-8,19H2,1-2H3. The molecule has 2 unspecified atom stereocenters. The van der Waals surface area contributed by atoms with E-state index in [9.17, 15) is 0 Å². The van der Waals surface area contributed by atoms with Gasteiger partial charge in [0, 0.05) is 16.6 Å². The summed E-state index contributed by atoms with van der Waals surface area (Å²) in [6, 6.07) is 9.98. The molecule has 1 aromatic rings. The van der Waals surface area contributed by atoms with E-state index in [1.807, 2.05) is 0 Å². The predicted molar refractivity (Wildman–Crippen MR) is 89.8 cm³/mol. The number of nitrogens with zero attached hydrogens (tertiary/aromatic N) is 1. The minimum atomic E-state index is 0.205. The van der Waals surface area contributed by atoms with Gasteiger partial charge in [0.2, 0.25) is 0 Å². The molecule has 0 aromatic heterocycles. The lowest BCUT2D eigenvalue weighted by Gasteiger charge is -2.39. The number of nitrogens with two attached hydrogens (primary N) is 1. The number of benzene rings is 1. The summed E-state index contributed by atoms with van der Waals surface area (Å²) in [6.45, 7) is 5.55. The first-order valence-corrected chi connectivity index (χ1v) is 8.73. The molecule has 20 heavy (non-hydrogen) atoms. The zero-order chi connectivity index (χ0) is 14.5. The smallest absolute Gasteiger partial charge is 0.0501 e. The summed E-state index contributed by atoms with van der Waals surface area (Å²) in [5, 5.41) is 0. The molecular formula is C17H27BrN2. The maximum atomic E-state index is 6.48. The second-order valence-electron chi connectivity index (χ2n) is 5.84. The number of hydrogen-bond acceptors (Lipinski definition) is 2. The molecule has 3 heteroatoms. The first kappa shape index (κ1) is 16.0. The summed E-state index contributed by atoms with van der Waals surface area (Å²) in [6.07, 6.45) is 6.42. The van der Waals surface area contributed by atoms with Crippen molar-refractivity contribution in [1.29, 1.82) is 0 Å². The molecule has 2 nitrogen and oxygen atoms in total. The second kappa shape index (κ2) is 7.58. The summed E-state index contributed by atoms with van der Waals surface area (Å²) >= 11 is 3.52. The monoisotopic (exact) mass is 338 g/mol. The first-order chi connectivity index (χ1) is 9.67. The lowest BCUT2D eigenvalue weighted by Crippen LogP contribution is -2.45. The highest BCUT2D eigenvalue weighted by Crippen LogP contribution is 2.33.